The fourth-order valence-electron chi connectivity index (χ4n) is 4.41. The number of sulfonamides is 1. The van der Waals surface area contributed by atoms with Gasteiger partial charge < -0.3 is 9.64 Å². The second kappa shape index (κ2) is 9.00. The maximum absolute atomic E-state index is 13.3. The summed E-state index contributed by atoms with van der Waals surface area (Å²) < 4.78 is 33.4. The molecule has 3 heterocycles. The van der Waals surface area contributed by atoms with Gasteiger partial charge in [-0.25, -0.2) is 8.42 Å². The van der Waals surface area contributed by atoms with Crippen molar-refractivity contribution < 1.29 is 17.9 Å². The summed E-state index contributed by atoms with van der Waals surface area (Å²) in [6.07, 6.45) is 4.91. The van der Waals surface area contributed by atoms with Gasteiger partial charge in [0.1, 0.15) is 16.3 Å². The summed E-state index contributed by atoms with van der Waals surface area (Å²) >= 11 is 0. The highest BCUT2D eigenvalue weighted by Crippen LogP contribution is 2.32. The van der Waals surface area contributed by atoms with E-state index in [2.05, 4.69) is 17.1 Å². The van der Waals surface area contributed by atoms with Gasteiger partial charge in [0, 0.05) is 31.7 Å². The molecule has 2 aliphatic heterocycles. The molecule has 0 radical (unpaired) electrons. The quantitative estimate of drug-likeness (QED) is 0.761. The van der Waals surface area contributed by atoms with Crippen LogP contribution in [-0.4, -0.2) is 67.0 Å². The van der Waals surface area contributed by atoms with Gasteiger partial charge in [-0.1, -0.05) is 13.3 Å². The Balaban J connectivity index is 1.62. The molecule has 1 atom stereocenters. The predicted molar refractivity (Wildman–Crippen MR) is 117 cm³/mol. The van der Waals surface area contributed by atoms with Crippen LogP contribution in [0.3, 0.4) is 0 Å². The van der Waals surface area contributed by atoms with Gasteiger partial charge in [-0.2, -0.15) is 9.40 Å². The van der Waals surface area contributed by atoms with Gasteiger partial charge in [0.05, 0.1) is 12.8 Å². The van der Waals surface area contributed by atoms with E-state index >= 15 is 0 Å². The number of methoxy groups -OCH3 is 1. The molecule has 8 nitrogen and oxygen atoms in total. The zero-order valence-corrected chi connectivity index (χ0v) is 19.0. The summed E-state index contributed by atoms with van der Waals surface area (Å²) in [7, 11) is -2.21. The smallest absolute Gasteiger partial charge is 0.271 e. The molecule has 2 fully saturated rings. The largest absolute Gasteiger partial charge is 0.495 e. The van der Waals surface area contributed by atoms with E-state index in [-0.39, 0.29) is 10.8 Å². The first kappa shape index (κ1) is 21.8. The van der Waals surface area contributed by atoms with Crippen LogP contribution < -0.4 is 4.74 Å². The highest BCUT2D eigenvalue weighted by Gasteiger charge is 2.30. The van der Waals surface area contributed by atoms with E-state index in [1.165, 1.54) is 11.4 Å². The van der Waals surface area contributed by atoms with Crippen molar-refractivity contribution in [3.8, 4) is 17.0 Å². The van der Waals surface area contributed by atoms with E-state index in [0.717, 1.165) is 45.2 Å². The Bertz CT molecular complexity index is 1040. The number of benzene rings is 1. The molecule has 1 aromatic carbocycles. The number of nitrogens with zero attached hydrogens (tertiary/aromatic N) is 3. The fraction of sp³-hybridized carbons (Fsp3) is 0.545. The molecule has 0 bridgehead atoms. The maximum Gasteiger partial charge on any atom is 0.271 e. The average Bonchev–Trinajstić information content (AvgIpc) is 3.29. The third kappa shape index (κ3) is 4.48. The number of carbonyl (C=O) groups is 1. The van der Waals surface area contributed by atoms with E-state index in [0.29, 0.717) is 41.7 Å². The second-order valence-electron chi connectivity index (χ2n) is 8.50. The molecular weight excluding hydrogens is 416 g/mol. The minimum atomic E-state index is -3.67. The van der Waals surface area contributed by atoms with Crippen LogP contribution in [0.2, 0.25) is 0 Å². The Morgan fingerprint density at radius 2 is 1.90 bits per heavy atom. The summed E-state index contributed by atoms with van der Waals surface area (Å²) in [6.45, 7) is 4.68. The lowest BCUT2D eigenvalue weighted by molar-refractivity contribution is 0.0677. The van der Waals surface area contributed by atoms with Gasteiger partial charge in [-0.15, -0.1) is 0 Å². The number of hydrogen-bond acceptors (Lipinski definition) is 5. The van der Waals surface area contributed by atoms with E-state index in [4.69, 9.17) is 4.74 Å². The van der Waals surface area contributed by atoms with Gasteiger partial charge in [0.15, 0.2) is 0 Å². The van der Waals surface area contributed by atoms with Crippen molar-refractivity contribution in [1.82, 2.24) is 19.4 Å². The number of carbonyl (C=O) groups excluding carboxylic acids is 1. The second-order valence-corrected chi connectivity index (χ2v) is 10.4. The minimum absolute atomic E-state index is 0.0695. The molecule has 4 rings (SSSR count). The summed E-state index contributed by atoms with van der Waals surface area (Å²) in [5, 5.41) is 7.12. The van der Waals surface area contributed by atoms with E-state index in [1.54, 1.807) is 24.3 Å². The molecule has 1 amide bonds. The van der Waals surface area contributed by atoms with Crippen molar-refractivity contribution in [2.45, 2.75) is 43.9 Å². The predicted octanol–water partition coefficient (Wildman–Crippen LogP) is 3.13. The normalized spacial score (nSPS) is 20.6. The summed E-state index contributed by atoms with van der Waals surface area (Å²) in [6, 6.07) is 6.70. The molecule has 0 saturated carbocycles. The summed E-state index contributed by atoms with van der Waals surface area (Å²) in [5.41, 5.74) is 1.57. The number of piperidine rings is 2. The molecule has 0 aliphatic carbocycles. The van der Waals surface area contributed by atoms with Crippen molar-refractivity contribution in [3.05, 3.63) is 30.0 Å². The SMILES string of the molecule is COc1ccc(-c2cc(C(=O)N3CCCC(C)C3)[nH]n2)cc1S(=O)(=O)N1CCCCC1. The first-order valence-electron chi connectivity index (χ1n) is 10.9. The zero-order valence-electron chi connectivity index (χ0n) is 18.1. The van der Waals surface area contributed by atoms with E-state index in [9.17, 15) is 13.2 Å². The van der Waals surface area contributed by atoms with Crippen LogP contribution in [0.25, 0.3) is 11.3 Å². The Morgan fingerprint density at radius 3 is 2.61 bits per heavy atom. The molecule has 9 heteroatoms. The van der Waals surface area contributed by atoms with Gasteiger partial charge in [0.2, 0.25) is 10.0 Å². The van der Waals surface area contributed by atoms with Crippen LogP contribution >= 0.6 is 0 Å². The summed E-state index contributed by atoms with van der Waals surface area (Å²) in [4.78, 5) is 14.8. The third-order valence-electron chi connectivity index (χ3n) is 6.14. The fourth-order valence-corrected chi connectivity index (χ4v) is 6.10. The molecule has 168 valence electrons. The highest BCUT2D eigenvalue weighted by atomic mass is 32.2. The Morgan fingerprint density at radius 1 is 1.13 bits per heavy atom. The van der Waals surface area contributed by atoms with Crippen LogP contribution in [0.15, 0.2) is 29.2 Å². The van der Waals surface area contributed by atoms with E-state index in [1.807, 2.05) is 4.90 Å². The number of rotatable bonds is 5. The number of hydrogen-bond donors (Lipinski definition) is 1. The molecule has 2 aromatic rings. The standard InChI is InChI=1S/C22H30N4O4S/c1-16-7-6-10-25(15-16)22(27)19-14-18(23-24-19)17-8-9-20(30-2)21(13-17)31(28,29)26-11-4-3-5-12-26/h8-9,13-14,16H,3-7,10-12,15H2,1-2H3,(H,23,24). The lowest BCUT2D eigenvalue weighted by Crippen LogP contribution is -2.39. The first-order valence-corrected chi connectivity index (χ1v) is 12.4. The van der Waals surface area contributed by atoms with Gasteiger partial charge in [0.25, 0.3) is 5.91 Å². The molecule has 2 saturated heterocycles. The van der Waals surface area contributed by atoms with Crippen LogP contribution in [-0.2, 0) is 10.0 Å². The average molecular weight is 447 g/mol. The minimum Gasteiger partial charge on any atom is -0.495 e. The van der Waals surface area contributed by atoms with Crippen molar-refractivity contribution in [1.29, 1.82) is 0 Å². The maximum atomic E-state index is 13.3. The van der Waals surface area contributed by atoms with Crippen molar-refractivity contribution in [2.24, 2.45) is 5.92 Å². The lowest BCUT2D eigenvalue weighted by atomic mass is 10.00. The molecule has 1 unspecified atom stereocenters. The Labute approximate surface area is 183 Å². The number of H-pyrrole nitrogens is 1. The third-order valence-corrected chi connectivity index (χ3v) is 8.06. The van der Waals surface area contributed by atoms with Crippen molar-refractivity contribution in [3.63, 3.8) is 0 Å². The molecule has 2 aliphatic rings. The van der Waals surface area contributed by atoms with Gasteiger partial charge in [-0.3, -0.25) is 9.89 Å². The van der Waals surface area contributed by atoms with Crippen LogP contribution in [0.5, 0.6) is 5.75 Å². The van der Waals surface area contributed by atoms with Gasteiger partial charge in [-0.05, 0) is 55.9 Å². The zero-order chi connectivity index (χ0) is 22.0. The Kier molecular flexibility index (Phi) is 6.34. The number of likely N-dealkylation sites (tertiary alicyclic amines) is 1. The summed E-state index contributed by atoms with van der Waals surface area (Å²) in [5.74, 6) is 0.729. The molecule has 31 heavy (non-hydrogen) atoms. The van der Waals surface area contributed by atoms with Gasteiger partial charge >= 0.3 is 0 Å². The highest BCUT2D eigenvalue weighted by molar-refractivity contribution is 7.89. The Hall–Kier alpha value is -2.39. The number of aromatic amines is 1. The van der Waals surface area contributed by atoms with Crippen molar-refractivity contribution in [2.75, 3.05) is 33.3 Å². The molecule has 1 N–H and O–H groups in total. The molecular formula is C22H30N4O4S. The number of ether oxygens (including phenoxy) is 1. The first-order chi connectivity index (χ1) is 14.9. The molecule has 0 spiro atoms. The van der Waals surface area contributed by atoms with Crippen LogP contribution in [0, 0.1) is 5.92 Å². The monoisotopic (exact) mass is 446 g/mol. The molecule has 1 aromatic heterocycles. The topological polar surface area (TPSA) is 95.6 Å². The number of nitrogens with one attached hydrogen (secondary N) is 1. The number of aromatic nitrogens is 2. The lowest BCUT2D eigenvalue weighted by Gasteiger charge is -2.30. The van der Waals surface area contributed by atoms with Crippen LogP contribution in [0.4, 0.5) is 0 Å². The van der Waals surface area contributed by atoms with E-state index < -0.39 is 10.0 Å². The van der Waals surface area contributed by atoms with Crippen molar-refractivity contribution >= 4 is 15.9 Å². The van der Waals surface area contributed by atoms with Crippen LogP contribution in [0.1, 0.15) is 49.5 Å². The number of amides is 1.